The number of carbonyl (C=O) groups is 1. The van der Waals surface area contributed by atoms with E-state index in [-0.39, 0.29) is 11.9 Å². The Morgan fingerprint density at radius 3 is 2.26 bits per heavy atom. The summed E-state index contributed by atoms with van der Waals surface area (Å²) in [5.74, 6) is -0.0441. The van der Waals surface area contributed by atoms with Gasteiger partial charge in [-0.1, -0.05) is 60.7 Å². The van der Waals surface area contributed by atoms with Gasteiger partial charge in [-0.3, -0.25) is 9.63 Å². The van der Waals surface area contributed by atoms with Crippen LogP contribution in [0.1, 0.15) is 33.7 Å². The summed E-state index contributed by atoms with van der Waals surface area (Å²) in [6.07, 6.45) is 0.992. The van der Waals surface area contributed by atoms with E-state index in [1.54, 1.807) is 0 Å². The van der Waals surface area contributed by atoms with Crippen molar-refractivity contribution in [3.8, 4) is 0 Å². The van der Waals surface area contributed by atoms with E-state index in [9.17, 15) is 4.79 Å². The second-order valence-electron chi connectivity index (χ2n) is 6.72. The smallest absolute Gasteiger partial charge is 0.248 e. The molecule has 0 unspecified atom stereocenters. The van der Waals surface area contributed by atoms with Crippen molar-refractivity contribution in [2.75, 3.05) is 0 Å². The van der Waals surface area contributed by atoms with Crippen molar-refractivity contribution in [1.82, 2.24) is 15.3 Å². The Kier molecular flexibility index (Phi) is 6.52. The molecule has 27 heavy (non-hydrogen) atoms. The molecule has 5 nitrogen and oxygen atoms in total. The van der Waals surface area contributed by atoms with Gasteiger partial charge in [0.15, 0.2) is 0 Å². The first-order chi connectivity index (χ1) is 13.1. The number of hydroxylamine groups is 1. The minimum Gasteiger partial charge on any atom is -0.297 e. The maximum absolute atomic E-state index is 12.7. The highest BCUT2D eigenvalue weighted by Crippen LogP contribution is 2.10. The molecule has 0 radical (unpaired) electrons. The van der Waals surface area contributed by atoms with Gasteiger partial charge in [0.25, 0.3) is 0 Å². The minimum atomic E-state index is -0.146. The number of benzene rings is 2. The highest BCUT2D eigenvalue weighted by molar-refractivity contribution is 5.79. The lowest BCUT2D eigenvalue weighted by Gasteiger charge is -2.18. The number of aryl methyl sites for hydroxylation is 2. The molecule has 1 atom stereocenters. The Bertz CT molecular complexity index is 860. The molecular formula is C22H25N3O2. The third kappa shape index (κ3) is 5.61. The molecule has 0 aliphatic carbocycles. The fourth-order valence-electron chi connectivity index (χ4n) is 3.05. The van der Waals surface area contributed by atoms with Crippen molar-refractivity contribution >= 4 is 5.91 Å². The SMILES string of the molecule is Cc1cc(C)n(C(=O)C[C@@H](Cc2ccccc2)NOCc2ccccc2)n1. The molecule has 0 bridgehead atoms. The van der Waals surface area contributed by atoms with Crippen molar-refractivity contribution in [2.45, 2.75) is 39.3 Å². The molecule has 0 aliphatic heterocycles. The van der Waals surface area contributed by atoms with Crippen LogP contribution >= 0.6 is 0 Å². The zero-order valence-electron chi connectivity index (χ0n) is 15.8. The molecule has 1 aromatic heterocycles. The molecule has 0 spiro atoms. The lowest BCUT2D eigenvalue weighted by molar-refractivity contribution is 0.00165. The van der Waals surface area contributed by atoms with Gasteiger partial charge in [0.1, 0.15) is 0 Å². The molecule has 1 heterocycles. The molecular weight excluding hydrogens is 338 g/mol. The maximum atomic E-state index is 12.7. The molecule has 0 fully saturated rings. The Morgan fingerprint density at radius 2 is 1.67 bits per heavy atom. The molecule has 2 aromatic carbocycles. The molecule has 5 heteroatoms. The number of rotatable bonds is 8. The number of carbonyl (C=O) groups excluding carboxylic acids is 1. The maximum Gasteiger partial charge on any atom is 0.248 e. The predicted molar refractivity (Wildman–Crippen MR) is 105 cm³/mol. The van der Waals surface area contributed by atoms with Crippen LogP contribution < -0.4 is 5.48 Å². The van der Waals surface area contributed by atoms with Crippen molar-refractivity contribution < 1.29 is 9.63 Å². The third-order valence-electron chi connectivity index (χ3n) is 4.32. The summed E-state index contributed by atoms with van der Waals surface area (Å²) in [5.41, 5.74) is 7.00. The standard InChI is InChI=1S/C22H25N3O2/c1-17-13-18(2)25(23-17)22(26)15-21(14-19-9-5-3-6-10-19)24-27-16-20-11-7-4-8-12-20/h3-13,21,24H,14-16H2,1-2H3/t21-/m1/s1. The topological polar surface area (TPSA) is 56.2 Å². The normalized spacial score (nSPS) is 12.1. The highest BCUT2D eigenvalue weighted by atomic mass is 16.6. The van der Waals surface area contributed by atoms with E-state index in [0.717, 1.165) is 22.5 Å². The third-order valence-corrected chi connectivity index (χ3v) is 4.32. The molecule has 0 saturated carbocycles. The summed E-state index contributed by atoms with van der Waals surface area (Å²) < 4.78 is 1.48. The van der Waals surface area contributed by atoms with E-state index in [4.69, 9.17) is 4.84 Å². The van der Waals surface area contributed by atoms with Crippen LogP contribution in [-0.2, 0) is 17.9 Å². The quantitative estimate of drug-likeness (QED) is 0.618. The highest BCUT2D eigenvalue weighted by Gasteiger charge is 2.18. The van der Waals surface area contributed by atoms with Crippen LogP contribution in [0.15, 0.2) is 66.7 Å². The van der Waals surface area contributed by atoms with Crippen LogP contribution in [0.3, 0.4) is 0 Å². The van der Waals surface area contributed by atoms with Crippen LogP contribution in [0.4, 0.5) is 0 Å². The predicted octanol–water partition coefficient (Wildman–Crippen LogP) is 3.86. The summed E-state index contributed by atoms with van der Waals surface area (Å²) in [4.78, 5) is 18.4. The number of aromatic nitrogens is 2. The largest absolute Gasteiger partial charge is 0.297 e. The van der Waals surface area contributed by atoms with Gasteiger partial charge in [-0.05, 0) is 37.5 Å². The number of hydrogen-bond acceptors (Lipinski definition) is 4. The molecule has 140 valence electrons. The number of hydrogen-bond donors (Lipinski definition) is 1. The summed E-state index contributed by atoms with van der Waals surface area (Å²) >= 11 is 0. The van der Waals surface area contributed by atoms with Crippen LogP contribution in [0.25, 0.3) is 0 Å². The summed E-state index contributed by atoms with van der Waals surface area (Å²) in [5, 5.41) is 4.30. The van der Waals surface area contributed by atoms with Gasteiger partial charge in [-0.25, -0.2) is 4.68 Å². The van der Waals surface area contributed by atoms with Gasteiger partial charge >= 0.3 is 0 Å². The van der Waals surface area contributed by atoms with Crippen LogP contribution in [-0.4, -0.2) is 21.7 Å². The van der Waals surface area contributed by atoms with Gasteiger partial charge < -0.3 is 0 Å². The van der Waals surface area contributed by atoms with Crippen LogP contribution in [0.2, 0.25) is 0 Å². The Labute approximate surface area is 159 Å². The van der Waals surface area contributed by atoms with Gasteiger partial charge in [0, 0.05) is 18.2 Å². The first kappa shape index (κ1) is 19.0. The van der Waals surface area contributed by atoms with Crippen molar-refractivity contribution in [3.63, 3.8) is 0 Å². The van der Waals surface area contributed by atoms with Crippen molar-refractivity contribution in [2.24, 2.45) is 0 Å². The molecule has 0 aliphatic rings. The van der Waals surface area contributed by atoms with E-state index >= 15 is 0 Å². The fourth-order valence-corrected chi connectivity index (χ4v) is 3.05. The molecule has 1 N–H and O–H groups in total. The van der Waals surface area contributed by atoms with Gasteiger partial charge in [-0.2, -0.15) is 10.6 Å². The Balaban J connectivity index is 1.65. The van der Waals surface area contributed by atoms with E-state index in [2.05, 4.69) is 22.7 Å². The monoisotopic (exact) mass is 363 g/mol. The fraction of sp³-hybridized carbons (Fsp3) is 0.273. The average Bonchev–Trinajstić information content (AvgIpc) is 3.01. The summed E-state index contributed by atoms with van der Waals surface area (Å²) in [7, 11) is 0. The Hall–Kier alpha value is -2.76. The van der Waals surface area contributed by atoms with Crippen LogP contribution in [0.5, 0.6) is 0 Å². The minimum absolute atomic E-state index is 0.0441. The number of nitrogens with zero attached hydrogens (tertiary/aromatic N) is 2. The van der Waals surface area contributed by atoms with Gasteiger partial charge in [0.2, 0.25) is 5.91 Å². The summed E-state index contributed by atoms with van der Waals surface area (Å²) in [6.45, 7) is 4.23. The molecule has 0 amide bonds. The van der Waals surface area contributed by atoms with E-state index in [0.29, 0.717) is 19.4 Å². The second-order valence-corrected chi connectivity index (χ2v) is 6.72. The number of nitrogens with one attached hydrogen (secondary N) is 1. The van der Waals surface area contributed by atoms with Gasteiger partial charge in [-0.15, -0.1) is 0 Å². The van der Waals surface area contributed by atoms with Crippen LogP contribution in [0, 0.1) is 13.8 Å². The lowest BCUT2D eigenvalue weighted by Crippen LogP contribution is -2.35. The van der Waals surface area contributed by atoms with Crippen molar-refractivity contribution in [1.29, 1.82) is 0 Å². The van der Waals surface area contributed by atoms with Gasteiger partial charge in [0.05, 0.1) is 12.3 Å². The first-order valence-corrected chi connectivity index (χ1v) is 9.13. The second kappa shape index (κ2) is 9.26. The summed E-state index contributed by atoms with van der Waals surface area (Å²) in [6, 6.07) is 21.8. The zero-order chi connectivity index (χ0) is 19.1. The first-order valence-electron chi connectivity index (χ1n) is 9.13. The lowest BCUT2D eigenvalue weighted by atomic mass is 10.0. The van der Waals surface area contributed by atoms with E-state index in [1.165, 1.54) is 4.68 Å². The Morgan fingerprint density at radius 1 is 1.04 bits per heavy atom. The zero-order valence-corrected chi connectivity index (χ0v) is 15.8. The van der Waals surface area contributed by atoms with E-state index < -0.39 is 0 Å². The molecule has 0 saturated heterocycles. The molecule has 3 rings (SSSR count). The van der Waals surface area contributed by atoms with E-state index in [1.807, 2.05) is 68.4 Å². The molecule has 3 aromatic rings. The average molecular weight is 363 g/mol. The van der Waals surface area contributed by atoms with Crippen molar-refractivity contribution in [3.05, 3.63) is 89.2 Å².